The number of hydrogen-bond donors (Lipinski definition) is 1. The smallest absolute Gasteiger partial charge is 0.238 e. The first kappa shape index (κ1) is 20.3. The van der Waals surface area contributed by atoms with Crippen LogP contribution >= 0.6 is 23.5 Å². The number of anilines is 1. The van der Waals surface area contributed by atoms with Gasteiger partial charge >= 0.3 is 0 Å². The van der Waals surface area contributed by atoms with Crippen LogP contribution in [0, 0.1) is 0 Å². The number of sulfonamides is 1. The van der Waals surface area contributed by atoms with Crippen LogP contribution in [-0.4, -0.2) is 41.9 Å². The van der Waals surface area contributed by atoms with E-state index in [1.54, 1.807) is 17.8 Å². The number of carbonyl (C=O) groups excluding carboxylic acids is 1. The molecule has 0 aliphatic carbocycles. The second kappa shape index (κ2) is 8.02. The molecule has 0 radical (unpaired) electrons. The van der Waals surface area contributed by atoms with Crippen LogP contribution < -0.4 is 10.0 Å². The molecule has 10 heteroatoms. The predicted molar refractivity (Wildman–Crippen MR) is 117 cm³/mol. The summed E-state index contributed by atoms with van der Waals surface area (Å²) in [6.07, 6.45) is 0. The van der Waals surface area contributed by atoms with Crippen molar-refractivity contribution >= 4 is 56.2 Å². The van der Waals surface area contributed by atoms with Gasteiger partial charge in [0, 0.05) is 23.7 Å². The van der Waals surface area contributed by atoms with E-state index in [4.69, 9.17) is 5.14 Å². The zero-order chi connectivity index (χ0) is 20.6. The molecule has 0 saturated heterocycles. The first-order valence-corrected chi connectivity index (χ1v) is 12.6. The number of amides is 1. The van der Waals surface area contributed by atoms with Crippen molar-refractivity contribution in [3.8, 4) is 0 Å². The quantitative estimate of drug-likeness (QED) is 0.603. The first-order chi connectivity index (χ1) is 13.9. The van der Waals surface area contributed by atoms with Crippen molar-refractivity contribution in [1.29, 1.82) is 0 Å². The molecule has 1 aromatic heterocycles. The van der Waals surface area contributed by atoms with Crippen molar-refractivity contribution in [3.05, 3.63) is 42.5 Å². The van der Waals surface area contributed by atoms with E-state index < -0.39 is 10.0 Å². The number of rotatable bonds is 5. The fraction of sp³-hybridized carbons (Fsp3) is 0.263. The Morgan fingerprint density at radius 3 is 2.83 bits per heavy atom. The van der Waals surface area contributed by atoms with Gasteiger partial charge in [0.25, 0.3) is 0 Å². The second-order valence-electron chi connectivity index (χ2n) is 6.48. The van der Waals surface area contributed by atoms with Crippen molar-refractivity contribution in [2.45, 2.75) is 28.4 Å². The van der Waals surface area contributed by atoms with Crippen molar-refractivity contribution in [1.82, 2.24) is 9.55 Å². The summed E-state index contributed by atoms with van der Waals surface area (Å²) in [5.41, 5.74) is 2.32. The highest BCUT2D eigenvalue weighted by Crippen LogP contribution is 2.35. The maximum atomic E-state index is 12.9. The van der Waals surface area contributed by atoms with Gasteiger partial charge in [0.15, 0.2) is 5.16 Å². The molecule has 1 amide bonds. The maximum Gasteiger partial charge on any atom is 0.238 e. The lowest BCUT2D eigenvalue weighted by molar-refractivity contribution is -0.116. The minimum absolute atomic E-state index is 0.0285. The Hall–Kier alpha value is -2.01. The number of aryl methyl sites for hydroxylation is 1. The van der Waals surface area contributed by atoms with Gasteiger partial charge in [-0.05, 0) is 37.3 Å². The minimum atomic E-state index is -3.79. The number of aromatic nitrogens is 2. The van der Waals surface area contributed by atoms with Gasteiger partial charge < -0.3 is 9.47 Å². The van der Waals surface area contributed by atoms with Gasteiger partial charge in [-0.1, -0.05) is 23.9 Å². The molecule has 29 heavy (non-hydrogen) atoms. The summed E-state index contributed by atoms with van der Waals surface area (Å²) in [5.74, 6) is 1.16. The van der Waals surface area contributed by atoms with Gasteiger partial charge in [-0.3, -0.25) is 4.79 Å². The van der Waals surface area contributed by atoms with Crippen LogP contribution in [0.4, 0.5) is 5.69 Å². The topological polar surface area (TPSA) is 98.3 Å². The number of hydrogen-bond acceptors (Lipinski definition) is 6. The third-order valence-electron chi connectivity index (χ3n) is 4.68. The van der Waals surface area contributed by atoms with Crippen LogP contribution in [0.1, 0.15) is 6.92 Å². The van der Waals surface area contributed by atoms with Crippen molar-refractivity contribution in [2.75, 3.05) is 23.0 Å². The number of imidazole rings is 1. The number of para-hydroxylation sites is 1. The Bertz CT molecular complexity index is 1190. The van der Waals surface area contributed by atoms with Crippen molar-refractivity contribution < 1.29 is 13.2 Å². The van der Waals surface area contributed by atoms with Gasteiger partial charge in [0.05, 0.1) is 27.4 Å². The number of thioether (sulfide) groups is 2. The van der Waals surface area contributed by atoms with Gasteiger partial charge in [-0.15, -0.1) is 11.8 Å². The summed E-state index contributed by atoms with van der Waals surface area (Å²) in [6.45, 7) is 3.33. The molecule has 3 aromatic rings. The number of carbonyl (C=O) groups is 1. The van der Waals surface area contributed by atoms with Crippen molar-refractivity contribution in [3.63, 3.8) is 0 Å². The Morgan fingerprint density at radius 1 is 1.28 bits per heavy atom. The van der Waals surface area contributed by atoms with E-state index in [1.165, 1.54) is 23.9 Å². The molecule has 0 saturated carbocycles. The SMILES string of the molecule is CCn1c(SCC(=O)N2CCSc3ccccc32)nc2cc(S(N)(=O)=O)ccc21. The molecule has 0 unspecified atom stereocenters. The second-order valence-corrected chi connectivity index (χ2v) is 10.1. The van der Waals surface area contributed by atoms with E-state index in [1.807, 2.05) is 40.7 Å². The van der Waals surface area contributed by atoms with E-state index in [0.29, 0.717) is 23.8 Å². The zero-order valence-corrected chi connectivity index (χ0v) is 18.2. The fourth-order valence-corrected chi connectivity index (χ4v) is 5.80. The molecular formula is C19H20N4O3S3. The van der Waals surface area contributed by atoms with Crippen LogP contribution in [0.3, 0.4) is 0 Å². The van der Waals surface area contributed by atoms with E-state index >= 15 is 0 Å². The first-order valence-electron chi connectivity index (χ1n) is 9.06. The summed E-state index contributed by atoms with van der Waals surface area (Å²) in [5, 5.41) is 5.91. The third-order valence-corrected chi connectivity index (χ3v) is 7.60. The van der Waals surface area contributed by atoms with Crippen LogP contribution in [-0.2, 0) is 21.4 Å². The number of primary sulfonamides is 1. The Morgan fingerprint density at radius 2 is 2.07 bits per heavy atom. The fourth-order valence-electron chi connectivity index (χ4n) is 3.31. The summed E-state index contributed by atoms with van der Waals surface area (Å²) < 4.78 is 25.2. The Kier molecular flexibility index (Phi) is 5.60. The highest BCUT2D eigenvalue weighted by atomic mass is 32.2. The average Bonchev–Trinajstić information content (AvgIpc) is 3.07. The summed E-state index contributed by atoms with van der Waals surface area (Å²) in [7, 11) is -3.79. The van der Waals surface area contributed by atoms with Gasteiger partial charge in [-0.2, -0.15) is 0 Å². The molecule has 2 heterocycles. The normalized spacial score (nSPS) is 14.2. The third kappa shape index (κ3) is 4.02. The maximum absolute atomic E-state index is 12.9. The molecule has 2 aromatic carbocycles. The number of nitrogens with two attached hydrogens (primary N) is 1. The standard InChI is InChI=1S/C19H20N4O3S3/c1-2-22-15-8-7-13(29(20,25)26)11-14(15)21-19(22)28-12-18(24)23-9-10-27-17-6-4-3-5-16(17)23/h3-8,11H,2,9-10,12H2,1H3,(H2,20,25,26). The highest BCUT2D eigenvalue weighted by Gasteiger charge is 2.23. The number of benzene rings is 2. The minimum Gasteiger partial charge on any atom is -0.319 e. The van der Waals surface area contributed by atoms with Crippen LogP contribution in [0.25, 0.3) is 11.0 Å². The largest absolute Gasteiger partial charge is 0.319 e. The molecule has 7 nitrogen and oxygen atoms in total. The lowest BCUT2D eigenvalue weighted by Crippen LogP contribution is -2.36. The molecule has 4 rings (SSSR count). The van der Waals surface area contributed by atoms with Gasteiger partial charge in [-0.25, -0.2) is 18.5 Å². The molecule has 0 bridgehead atoms. The lowest BCUT2D eigenvalue weighted by Gasteiger charge is -2.28. The zero-order valence-electron chi connectivity index (χ0n) is 15.7. The molecule has 0 atom stereocenters. The lowest BCUT2D eigenvalue weighted by atomic mass is 10.3. The average molecular weight is 449 g/mol. The summed E-state index contributed by atoms with van der Waals surface area (Å²) in [6, 6.07) is 12.6. The van der Waals surface area contributed by atoms with E-state index in [0.717, 1.165) is 21.9 Å². The Labute approximate surface area is 177 Å². The molecule has 1 aliphatic rings. The monoisotopic (exact) mass is 448 g/mol. The van der Waals surface area contributed by atoms with E-state index in [9.17, 15) is 13.2 Å². The molecule has 0 fully saturated rings. The van der Waals surface area contributed by atoms with Crippen LogP contribution in [0.5, 0.6) is 0 Å². The number of fused-ring (bicyclic) bond motifs is 2. The molecule has 1 aliphatic heterocycles. The van der Waals surface area contributed by atoms with E-state index in [2.05, 4.69) is 4.98 Å². The van der Waals surface area contributed by atoms with Crippen molar-refractivity contribution in [2.24, 2.45) is 5.14 Å². The molecular weight excluding hydrogens is 428 g/mol. The molecule has 0 spiro atoms. The van der Waals surface area contributed by atoms with Gasteiger partial charge in [0.1, 0.15) is 0 Å². The number of nitrogens with zero attached hydrogens (tertiary/aromatic N) is 3. The van der Waals surface area contributed by atoms with Crippen LogP contribution in [0.15, 0.2) is 57.4 Å². The molecule has 152 valence electrons. The molecule has 2 N–H and O–H groups in total. The van der Waals surface area contributed by atoms with Crippen LogP contribution in [0.2, 0.25) is 0 Å². The predicted octanol–water partition coefficient (Wildman–Crippen LogP) is 2.93. The highest BCUT2D eigenvalue weighted by molar-refractivity contribution is 8.00. The Balaban J connectivity index is 1.58. The summed E-state index contributed by atoms with van der Waals surface area (Å²) in [4.78, 5) is 20.4. The van der Waals surface area contributed by atoms with E-state index in [-0.39, 0.29) is 16.6 Å². The summed E-state index contributed by atoms with van der Waals surface area (Å²) >= 11 is 3.12. The van der Waals surface area contributed by atoms with Gasteiger partial charge in [0.2, 0.25) is 15.9 Å².